The summed E-state index contributed by atoms with van der Waals surface area (Å²) in [7, 11) is 3.29. The first-order chi connectivity index (χ1) is 11.7. The van der Waals surface area contributed by atoms with Crippen LogP contribution in [0.3, 0.4) is 0 Å². The third kappa shape index (κ3) is 5.41. The van der Waals surface area contributed by atoms with Gasteiger partial charge >= 0.3 is 0 Å². The van der Waals surface area contributed by atoms with Gasteiger partial charge in [0.2, 0.25) is 0 Å². The molecule has 0 radical (unpaired) electrons. The summed E-state index contributed by atoms with van der Waals surface area (Å²) >= 11 is 0. The molecule has 1 aromatic carbocycles. The molecule has 1 aliphatic heterocycles. The monoisotopic (exact) mass is 340 g/mol. The number of benzene rings is 1. The molecule has 1 saturated heterocycles. The Kier molecular flexibility index (Phi) is 9.24. The van der Waals surface area contributed by atoms with E-state index in [4.69, 9.17) is 5.73 Å². The van der Waals surface area contributed by atoms with E-state index in [9.17, 15) is 9.18 Å². The summed E-state index contributed by atoms with van der Waals surface area (Å²) in [5.41, 5.74) is 12.6. The molecule has 0 aliphatic carbocycles. The number of carbonyl (C=O) groups excluding carboxylic acids is 1. The van der Waals surface area contributed by atoms with Crippen molar-refractivity contribution < 1.29 is 9.18 Å². The van der Waals surface area contributed by atoms with Crippen LogP contribution in [0.5, 0.6) is 0 Å². The number of rotatable bonds is 7. The Labute approximate surface area is 142 Å². The van der Waals surface area contributed by atoms with E-state index in [0.717, 1.165) is 38.2 Å². The van der Waals surface area contributed by atoms with Crippen molar-refractivity contribution in [2.45, 2.75) is 12.6 Å². The first-order valence-electron chi connectivity index (χ1n) is 8.14. The molecule has 0 saturated carbocycles. The Morgan fingerprint density at radius 3 is 2.62 bits per heavy atom. The molecule has 1 atom stereocenters. The van der Waals surface area contributed by atoms with Gasteiger partial charge in [-0.3, -0.25) is 5.32 Å². The largest absolute Gasteiger partial charge is 0.388 e. The Morgan fingerprint density at radius 1 is 1.38 bits per heavy atom. The second-order valence-electron chi connectivity index (χ2n) is 5.27. The van der Waals surface area contributed by atoms with Gasteiger partial charge in [0.25, 0.3) is 0 Å². The van der Waals surface area contributed by atoms with Crippen LogP contribution in [0, 0.1) is 5.82 Å². The summed E-state index contributed by atoms with van der Waals surface area (Å²) in [5, 5.41) is 9.34. The van der Waals surface area contributed by atoms with Crippen molar-refractivity contribution in [3.05, 3.63) is 23.5 Å². The lowest BCUT2D eigenvalue weighted by molar-refractivity contribution is -0.107. The first-order valence-corrected chi connectivity index (χ1v) is 8.14. The van der Waals surface area contributed by atoms with E-state index in [-0.39, 0.29) is 5.82 Å². The van der Waals surface area contributed by atoms with Crippen LogP contribution in [-0.2, 0) is 4.79 Å². The van der Waals surface area contributed by atoms with Gasteiger partial charge in [-0.25, -0.2) is 4.39 Å². The van der Waals surface area contributed by atoms with E-state index in [1.54, 1.807) is 13.1 Å². The van der Waals surface area contributed by atoms with Crippen LogP contribution in [-0.4, -0.2) is 53.1 Å². The molecule has 1 fully saturated rings. The van der Waals surface area contributed by atoms with Crippen LogP contribution in [0.15, 0.2) is 12.1 Å². The summed E-state index contributed by atoms with van der Waals surface area (Å²) in [5.74, 6) is -0.275. The van der Waals surface area contributed by atoms with Gasteiger partial charge in [0.05, 0.1) is 11.9 Å². The minimum Gasteiger partial charge on any atom is -0.388 e. The molecule has 0 bridgehead atoms. The van der Waals surface area contributed by atoms with E-state index in [0.29, 0.717) is 24.2 Å². The summed E-state index contributed by atoms with van der Waals surface area (Å²) in [4.78, 5) is 12.4. The van der Waals surface area contributed by atoms with Crippen LogP contribution >= 0.6 is 0 Å². The van der Waals surface area contributed by atoms with Crippen molar-refractivity contribution in [3.8, 4) is 0 Å². The van der Waals surface area contributed by atoms with Crippen LogP contribution < -0.4 is 32.3 Å². The highest BCUT2D eigenvalue weighted by molar-refractivity contribution is 5.64. The minimum absolute atomic E-state index is 0.275. The molecule has 0 amide bonds. The average molecular weight is 340 g/mol. The van der Waals surface area contributed by atoms with Gasteiger partial charge < -0.3 is 31.8 Å². The fourth-order valence-corrected chi connectivity index (χ4v) is 2.61. The summed E-state index contributed by atoms with van der Waals surface area (Å²) < 4.78 is 14.5. The molecule has 1 aromatic rings. The number of carbonyl (C=O) groups is 1. The van der Waals surface area contributed by atoms with Crippen molar-refractivity contribution in [1.82, 2.24) is 10.6 Å². The third-order valence-corrected chi connectivity index (χ3v) is 3.81. The van der Waals surface area contributed by atoms with Crippen LogP contribution in [0.2, 0.25) is 0 Å². The molecular weight excluding hydrogens is 311 g/mol. The standard InChI is InChI=1S/C15H24FN5O.CH5N/c1-18-13-10-14(21-6-4-19-5-7-21)12(16)9-11(13)15(17)20-3-2-8-22;1-2/h8-10,15,18-20H,2-7,17H2,1H3;2H2,1H3. The van der Waals surface area contributed by atoms with E-state index in [1.165, 1.54) is 13.1 Å². The maximum atomic E-state index is 14.5. The number of nitrogens with zero attached hydrogens (tertiary/aromatic N) is 1. The predicted octanol–water partition coefficient (Wildman–Crippen LogP) is -0.0122. The van der Waals surface area contributed by atoms with Gasteiger partial charge in [-0.15, -0.1) is 0 Å². The molecule has 7 N–H and O–H groups in total. The molecule has 1 aliphatic rings. The Hall–Kier alpha value is -1.74. The zero-order valence-corrected chi connectivity index (χ0v) is 14.4. The normalized spacial score (nSPS) is 15.3. The molecule has 0 aromatic heterocycles. The molecule has 7 nitrogen and oxygen atoms in total. The van der Waals surface area contributed by atoms with Gasteiger partial charge in [0.15, 0.2) is 0 Å². The fourth-order valence-electron chi connectivity index (χ4n) is 2.61. The summed E-state index contributed by atoms with van der Waals surface area (Å²) in [6.07, 6.45) is 0.686. The average Bonchev–Trinajstić information content (AvgIpc) is 2.64. The Balaban J connectivity index is 0.00000139. The second-order valence-corrected chi connectivity index (χ2v) is 5.27. The van der Waals surface area contributed by atoms with Crippen LogP contribution in [0.1, 0.15) is 18.2 Å². The van der Waals surface area contributed by atoms with E-state index in [2.05, 4.69) is 21.7 Å². The van der Waals surface area contributed by atoms with Crippen molar-refractivity contribution in [2.24, 2.45) is 11.5 Å². The number of hydrogen-bond donors (Lipinski definition) is 5. The molecular formula is C16H29FN6O. The zero-order valence-electron chi connectivity index (χ0n) is 14.4. The van der Waals surface area contributed by atoms with E-state index >= 15 is 0 Å². The summed E-state index contributed by atoms with van der Waals surface area (Å²) in [6, 6.07) is 3.28. The number of hydrogen-bond acceptors (Lipinski definition) is 7. The van der Waals surface area contributed by atoms with Gasteiger partial charge in [-0.2, -0.15) is 0 Å². The molecule has 1 heterocycles. The molecule has 0 spiro atoms. The smallest absolute Gasteiger partial charge is 0.147 e. The topological polar surface area (TPSA) is 108 Å². The van der Waals surface area contributed by atoms with Gasteiger partial charge in [0.1, 0.15) is 12.1 Å². The van der Waals surface area contributed by atoms with Crippen LogP contribution in [0.25, 0.3) is 0 Å². The maximum absolute atomic E-state index is 14.5. The highest BCUT2D eigenvalue weighted by Gasteiger charge is 2.19. The van der Waals surface area contributed by atoms with Crippen molar-refractivity contribution in [1.29, 1.82) is 0 Å². The van der Waals surface area contributed by atoms with Gasteiger partial charge in [-0.05, 0) is 19.2 Å². The lowest BCUT2D eigenvalue weighted by atomic mass is 10.1. The van der Waals surface area contributed by atoms with Gasteiger partial charge in [-0.1, -0.05) is 0 Å². The lowest BCUT2D eigenvalue weighted by Gasteiger charge is -2.31. The molecule has 2 rings (SSSR count). The number of piperazine rings is 1. The zero-order chi connectivity index (χ0) is 17.9. The number of halogens is 1. The van der Waals surface area contributed by atoms with Crippen LogP contribution in [0.4, 0.5) is 15.8 Å². The first kappa shape index (κ1) is 20.3. The van der Waals surface area contributed by atoms with E-state index in [1.807, 2.05) is 4.90 Å². The predicted molar refractivity (Wildman–Crippen MR) is 96.8 cm³/mol. The van der Waals surface area contributed by atoms with Crippen molar-refractivity contribution in [2.75, 3.05) is 57.0 Å². The molecule has 24 heavy (non-hydrogen) atoms. The van der Waals surface area contributed by atoms with Crippen molar-refractivity contribution in [3.63, 3.8) is 0 Å². The highest BCUT2D eigenvalue weighted by Crippen LogP contribution is 2.29. The fraction of sp³-hybridized carbons (Fsp3) is 0.562. The number of nitrogens with one attached hydrogen (secondary N) is 3. The Morgan fingerprint density at radius 2 is 2.04 bits per heavy atom. The maximum Gasteiger partial charge on any atom is 0.147 e. The van der Waals surface area contributed by atoms with Crippen molar-refractivity contribution >= 4 is 17.7 Å². The highest BCUT2D eigenvalue weighted by atomic mass is 19.1. The Bertz CT molecular complexity index is 508. The van der Waals surface area contributed by atoms with Gasteiger partial charge in [0, 0.05) is 57.4 Å². The second kappa shape index (κ2) is 10.9. The minimum atomic E-state index is -0.519. The van der Waals surface area contributed by atoms with E-state index < -0.39 is 6.17 Å². The molecule has 1 unspecified atom stereocenters. The molecule has 8 heteroatoms. The third-order valence-electron chi connectivity index (χ3n) is 3.81. The number of anilines is 2. The molecule has 136 valence electrons. The number of aldehydes is 1. The SMILES string of the molecule is CN.CNc1cc(N2CCNCC2)c(F)cc1C(N)NCCC=O. The summed E-state index contributed by atoms with van der Waals surface area (Å²) in [6.45, 7) is 3.73. The quantitative estimate of drug-likeness (QED) is 0.270. The number of nitrogens with two attached hydrogens (primary N) is 2. The lowest BCUT2D eigenvalue weighted by Crippen LogP contribution is -2.44.